The Morgan fingerprint density at radius 3 is 2.09 bits per heavy atom. The van der Waals surface area contributed by atoms with E-state index in [1.54, 1.807) is 31.3 Å². The number of amides is 3. The number of benzene rings is 3. The molecule has 1 heterocycles. The lowest BCUT2D eigenvalue weighted by Crippen LogP contribution is -2.44. The van der Waals surface area contributed by atoms with Crippen molar-refractivity contribution in [3.8, 4) is 11.5 Å². The molecular weight excluding hydrogens is 418 g/mol. The minimum Gasteiger partial charge on any atom is -0.493 e. The van der Waals surface area contributed by atoms with E-state index in [0.717, 1.165) is 11.1 Å². The third-order valence-electron chi connectivity index (χ3n) is 5.68. The zero-order valence-electron chi connectivity index (χ0n) is 18.7. The lowest BCUT2D eigenvalue weighted by molar-refractivity contribution is -0.117. The number of rotatable bonds is 7. The second kappa shape index (κ2) is 10.1. The summed E-state index contributed by atoms with van der Waals surface area (Å²) in [7, 11) is 3.12. The fourth-order valence-electron chi connectivity index (χ4n) is 4.05. The largest absolute Gasteiger partial charge is 0.493 e. The van der Waals surface area contributed by atoms with Gasteiger partial charge in [0, 0.05) is 24.7 Å². The fraction of sp³-hybridized carbons (Fsp3) is 0.231. The zero-order chi connectivity index (χ0) is 23.2. The fourth-order valence-corrected chi connectivity index (χ4v) is 4.05. The molecule has 1 atom stereocenters. The minimum atomic E-state index is -0.320. The van der Waals surface area contributed by atoms with Crippen molar-refractivity contribution in [2.75, 3.05) is 25.7 Å². The average molecular weight is 446 g/mol. The zero-order valence-corrected chi connectivity index (χ0v) is 18.7. The Hall–Kier alpha value is -4.00. The topological polar surface area (TPSA) is 79.9 Å². The summed E-state index contributed by atoms with van der Waals surface area (Å²) in [6.07, 6.45) is 0.225. The summed E-state index contributed by atoms with van der Waals surface area (Å²) in [6, 6.07) is 24.0. The van der Waals surface area contributed by atoms with Crippen LogP contribution in [0.25, 0.3) is 0 Å². The number of carbonyl (C=O) groups is 2. The molecule has 0 aliphatic carbocycles. The van der Waals surface area contributed by atoms with Crippen LogP contribution in [-0.4, -0.2) is 38.7 Å². The first-order valence-electron chi connectivity index (χ1n) is 10.8. The van der Waals surface area contributed by atoms with Gasteiger partial charge in [0.1, 0.15) is 0 Å². The van der Waals surface area contributed by atoms with Gasteiger partial charge in [-0.05, 0) is 23.3 Å². The minimum absolute atomic E-state index is 0.0600. The van der Waals surface area contributed by atoms with Crippen molar-refractivity contribution in [2.45, 2.75) is 18.5 Å². The quantitative estimate of drug-likeness (QED) is 0.578. The molecule has 0 radical (unpaired) electrons. The average Bonchev–Trinajstić information content (AvgIpc) is 3.22. The molecule has 3 aromatic carbocycles. The maximum Gasteiger partial charge on any atom is 0.315 e. The Morgan fingerprint density at radius 2 is 1.52 bits per heavy atom. The molecule has 2 N–H and O–H groups in total. The monoisotopic (exact) mass is 445 g/mol. The molecule has 33 heavy (non-hydrogen) atoms. The normalized spacial score (nSPS) is 15.4. The highest BCUT2D eigenvalue weighted by Crippen LogP contribution is 2.33. The molecular formula is C26H27N3O4. The van der Waals surface area contributed by atoms with Crippen LogP contribution in [0.4, 0.5) is 10.5 Å². The Labute approximate surface area is 193 Å². The number of hydrogen-bond acceptors (Lipinski definition) is 4. The number of hydrogen-bond donors (Lipinski definition) is 2. The van der Waals surface area contributed by atoms with Gasteiger partial charge in [-0.1, -0.05) is 60.7 Å². The second-order valence-corrected chi connectivity index (χ2v) is 7.82. The summed E-state index contributed by atoms with van der Waals surface area (Å²) in [5.74, 6) is 1.08. The van der Waals surface area contributed by atoms with Crippen molar-refractivity contribution in [1.82, 2.24) is 10.6 Å². The molecule has 7 nitrogen and oxygen atoms in total. The summed E-state index contributed by atoms with van der Waals surface area (Å²) in [6.45, 7) is 0.378. The van der Waals surface area contributed by atoms with Crippen LogP contribution in [0.2, 0.25) is 0 Å². The molecule has 0 bridgehead atoms. The molecule has 170 valence electrons. The molecule has 4 rings (SSSR count). The van der Waals surface area contributed by atoms with Crippen LogP contribution >= 0.6 is 0 Å². The first kappa shape index (κ1) is 22.2. The van der Waals surface area contributed by atoms with Crippen molar-refractivity contribution in [1.29, 1.82) is 0 Å². The Bertz CT molecular complexity index is 1070. The van der Waals surface area contributed by atoms with Crippen molar-refractivity contribution in [3.63, 3.8) is 0 Å². The van der Waals surface area contributed by atoms with Crippen LogP contribution in [0.1, 0.15) is 23.6 Å². The van der Waals surface area contributed by atoms with E-state index < -0.39 is 0 Å². The van der Waals surface area contributed by atoms with Crippen molar-refractivity contribution in [3.05, 3.63) is 90.0 Å². The van der Waals surface area contributed by atoms with E-state index in [-0.39, 0.29) is 30.4 Å². The molecule has 0 spiro atoms. The SMILES string of the molecule is COc1ccc(N2C[C@H](NC(=O)NC(c3ccccc3)c3ccccc3)CC2=O)cc1OC. The number of methoxy groups -OCH3 is 2. The third kappa shape index (κ3) is 5.09. The van der Waals surface area contributed by atoms with E-state index in [4.69, 9.17) is 9.47 Å². The van der Waals surface area contributed by atoms with Gasteiger partial charge >= 0.3 is 6.03 Å². The van der Waals surface area contributed by atoms with Crippen LogP contribution in [0.3, 0.4) is 0 Å². The van der Waals surface area contributed by atoms with Gasteiger partial charge in [-0.2, -0.15) is 0 Å². The summed E-state index contributed by atoms with van der Waals surface area (Å²) >= 11 is 0. The van der Waals surface area contributed by atoms with E-state index in [9.17, 15) is 9.59 Å². The number of ether oxygens (including phenoxy) is 2. The van der Waals surface area contributed by atoms with Crippen LogP contribution < -0.4 is 25.0 Å². The summed E-state index contributed by atoms with van der Waals surface area (Å²) in [5.41, 5.74) is 2.66. The first-order valence-corrected chi connectivity index (χ1v) is 10.8. The van der Waals surface area contributed by atoms with E-state index >= 15 is 0 Å². The number of anilines is 1. The van der Waals surface area contributed by atoms with Gasteiger partial charge in [0.2, 0.25) is 5.91 Å². The third-order valence-corrected chi connectivity index (χ3v) is 5.68. The number of nitrogens with one attached hydrogen (secondary N) is 2. The van der Waals surface area contributed by atoms with Crippen molar-refractivity contribution in [2.24, 2.45) is 0 Å². The van der Waals surface area contributed by atoms with E-state index in [1.807, 2.05) is 66.7 Å². The van der Waals surface area contributed by atoms with Crippen LogP contribution in [0, 0.1) is 0 Å². The maximum atomic E-state index is 12.9. The van der Waals surface area contributed by atoms with Gasteiger partial charge in [0.05, 0.1) is 26.3 Å². The molecule has 1 fully saturated rings. The predicted octanol–water partition coefficient (Wildman–Crippen LogP) is 3.90. The van der Waals surface area contributed by atoms with Gasteiger partial charge in [-0.15, -0.1) is 0 Å². The molecule has 0 aromatic heterocycles. The molecule has 1 aliphatic rings. The Kier molecular flexibility index (Phi) is 6.78. The van der Waals surface area contributed by atoms with Crippen LogP contribution in [-0.2, 0) is 4.79 Å². The van der Waals surface area contributed by atoms with E-state index in [1.165, 1.54) is 0 Å². The summed E-state index contributed by atoms with van der Waals surface area (Å²) in [5, 5.41) is 6.02. The lowest BCUT2D eigenvalue weighted by atomic mass is 9.99. The summed E-state index contributed by atoms with van der Waals surface area (Å²) < 4.78 is 10.6. The maximum absolute atomic E-state index is 12.9. The van der Waals surface area contributed by atoms with Gasteiger partial charge in [-0.25, -0.2) is 4.79 Å². The second-order valence-electron chi connectivity index (χ2n) is 7.82. The molecule has 7 heteroatoms. The molecule has 1 aliphatic heterocycles. The van der Waals surface area contributed by atoms with Gasteiger partial charge in [-0.3, -0.25) is 4.79 Å². The standard InChI is InChI=1S/C26H27N3O4/c1-32-22-14-13-21(16-23(22)33-2)29-17-20(15-24(29)30)27-26(31)28-25(18-9-5-3-6-10-18)19-11-7-4-8-12-19/h3-14,16,20,25H,15,17H2,1-2H3,(H2,27,28,31)/t20-/m1/s1. The summed E-state index contributed by atoms with van der Waals surface area (Å²) in [4.78, 5) is 27.2. The molecule has 0 saturated carbocycles. The van der Waals surface area contributed by atoms with Gasteiger partial charge in [0.25, 0.3) is 0 Å². The number of urea groups is 1. The van der Waals surface area contributed by atoms with Gasteiger partial charge in [0.15, 0.2) is 11.5 Å². The molecule has 3 amide bonds. The molecule has 3 aromatic rings. The van der Waals surface area contributed by atoms with Crippen LogP contribution in [0.15, 0.2) is 78.9 Å². The van der Waals surface area contributed by atoms with Gasteiger partial charge < -0.3 is 25.0 Å². The van der Waals surface area contributed by atoms with Crippen molar-refractivity contribution < 1.29 is 19.1 Å². The highest BCUT2D eigenvalue weighted by atomic mass is 16.5. The predicted molar refractivity (Wildman–Crippen MR) is 127 cm³/mol. The molecule has 1 saturated heterocycles. The Balaban J connectivity index is 1.45. The van der Waals surface area contributed by atoms with E-state index in [0.29, 0.717) is 23.7 Å². The number of carbonyl (C=O) groups excluding carboxylic acids is 2. The lowest BCUT2D eigenvalue weighted by Gasteiger charge is -2.22. The Morgan fingerprint density at radius 1 is 0.909 bits per heavy atom. The number of nitrogens with zero attached hydrogens (tertiary/aromatic N) is 1. The van der Waals surface area contributed by atoms with Crippen LogP contribution in [0.5, 0.6) is 11.5 Å². The van der Waals surface area contributed by atoms with E-state index in [2.05, 4.69) is 10.6 Å². The first-order chi connectivity index (χ1) is 16.1. The highest BCUT2D eigenvalue weighted by molar-refractivity contribution is 5.97. The van der Waals surface area contributed by atoms with Crippen molar-refractivity contribution >= 4 is 17.6 Å². The molecule has 0 unspecified atom stereocenters. The highest BCUT2D eigenvalue weighted by Gasteiger charge is 2.32. The smallest absolute Gasteiger partial charge is 0.315 e.